The number of amides is 1. The van der Waals surface area contributed by atoms with Gasteiger partial charge in [-0.2, -0.15) is 0 Å². The number of methoxy groups -OCH3 is 1. The first kappa shape index (κ1) is 21.0. The first-order valence-electron chi connectivity index (χ1n) is 9.83. The van der Waals surface area contributed by atoms with E-state index in [1.165, 1.54) is 6.92 Å². The molecule has 2 N–H and O–H groups in total. The van der Waals surface area contributed by atoms with E-state index in [1.807, 2.05) is 12.1 Å². The summed E-state index contributed by atoms with van der Waals surface area (Å²) in [5.41, 5.74) is 1.88. The number of anilines is 2. The van der Waals surface area contributed by atoms with Crippen molar-refractivity contribution in [3.8, 4) is 11.5 Å². The number of piperazine rings is 1. The maximum Gasteiger partial charge on any atom is 0.221 e. The predicted molar refractivity (Wildman–Crippen MR) is 114 cm³/mol. The second-order valence-electron chi connectivity index (χ2n) is 7.16. The van der Waals surface area contributed by atoms with E-state index in [9.17, 15) is 9.90 Å². The molecular formula is C22H29N3O4. The van der Waals surface area contributed by atoms with Gasteiger partial charge in [-0.25, -0.2) is 0 Å². The summed E-state index contributed by atoms with van der Waals surface area (Å²) in [6, 6.07) is 15.2. The average molecular weight is 399 g/mol. The van der Waals surface area contributed by atoms with Crippen molar-refractivity contribution in [1.29, 1.82) is 0 Å². The van der Waals surface area contributed by atoms with Gasteiger partial charge < -0.3 is 24.8 Å². The molecule has 0 unspecified atom stereocenters. The van der Waals surface area contributed by atoms with Gasteiger partial charge in [0, 0.05) is 57.1 Å². The van der Waals surface area contributed by atoms with Crippen molar-refractivity contribution in [2.45, 2.75) is 13.0 Å². The molecule has 29 heavy (non-hydrogen) atoms. The lowest BCUT2D eigenvalue weighted by Gasteiger charge is -2.37. The summed E-state index contributed by atoms with van der Waals surface area (Å²) in [4.78, 5) is 15.6. The Morgan fingerprint density at radius 2 is 1.83 bits per heavy atom. The molecule has 156 valence electrons. The fraction of sp³-hybridized carbons (Fsp3) is 0.409. The topological polar surface area (TPSA) is 74.3 Å². The summed E-state index contributed by atoms with van der Waals surface area (Å²) >= 11 is 0. The van der Waals surface area contributed by atoms with Gasteiger partial charge in [-0.1, -0.05) is 6.07 Å². The molecule has 3 rings (SSSR count). The van der Waals surface area contributed by atoms with Crippen LogP contribution < -0.4 is 19.7 Å². The van der Waals surface area contributed by atoms with Crippen molar-refractivity contribution < 1.29 is 19.4 Å². The Balaban J connectivity index is 1.40. The number of carbonyl (C=O) groups is 1. The minimum Gasteiger partial charge on any atom is -0.497 e. The molecular weight excluding hydrogens is 370 g/mol. The molecule has 2 aromatic carbocycles. The van der Waals surface area contributed by atoms with Crippen LogP contribution >= 0.6 is 0 Å². The summed E-state index contributed by atoms with van der Waals surface area (Å²) in [6.45, 7) is 5.87. The molecule has 0 saturated carbocycles. The van der Waals surface area contributed by atoms with E-state index in [2.05, 4.69) is 27.2 Å². The van der Waals surface area contributed by atoms with E-state index >= 15 is 0 Å². The van der Waals surface area contributed by atoms with E-state index < -0.39 is 6.10 Å². The molecule has 1 amide bonds. The standard InChI is InChI=1S/C22H29N3O4/c1-17(26)23-18-6-8-21(9-7-18)29-16-20(27)15-24-10-12-25(13-11-24)19-4-3-5-22(14-19)28-2/h3-9,14,20,27H,10-13,15-16H2,1-2H3,(H,23,26)/t20-/m1/s1. The number of benzene rings is 2. The molecule has 1 aliphatic rings. The van der Waals surface area contributed by atoms with E-state index in [4.69, 9.17) is 9.47 Å². The fourth-order valence-corrected chi connectivity index (χ4v) is 3.38. The molecule has 0 aromatic heterocycles. The first-order chi connectivity index (χ1) is 14.0. The van der Waals surface area contributed by atoms with Crippen molar-refractivity contribution in [2.24, 2.45) is 0 Å². The Morgan fingerprint density at radius 3 is 2.48 bits per heavy atom. The van der Waals surface area contributed by atoms with Gasteiger partial charge in [0.25, 0.3) is 0 Å². The Kier molecular flexibility index (Phi) is 7.32. The summed E-state index contributed by atoms with van der Waals surface area (Å²) in [5, 5.41) is 13.0. The average Bonchev–Trinajstić information content (AvgIpc) is 2.73. The fourth-order valence-electron chi connectivity index (χ4n) is 3.38. The van der Waals surface area contributed by atoms with Crippen LogP contribution in [0.3, 0.4) is 0 Å². The zero-order valence-electron chi connectivity index (χ0n) is 17.0. The number of rotatable bonds is 8. The number of nitrogens with one attached hydrogen (secondary N) is 1. The Bertz CT molecular complexity index is 789. The van der Waals surface area contributed by atoms with E-state index in [0.717, 1.165) is 43.3 Å². The third kappa shape index (κ3) is 6.37. The van der Waals surface area contributed by atoms with Gasteiger partial charge in [-0.05, 0) is 36.4 Å². The monoisotopic (exact) mass is 399 g/mol. The summed E-state index contributed by atoms with van der Waals surface area (Å²) in [7, 11) is 1.68. The zero-order chi connectivity index (χ0) is 20.6. The van der Waals surface area contributed by atoms with Gasteiger partial charge >= 0.3 is 0 Å². The highest BCUT2D eigenvalue weighted by molar-refractivity contribution is 5.88. The van der Waals surface area contributed by atoms with Crippen molar-refractivity contribution in [3.63, 3.8) is 0 Å². The molecule has 1 fully saturated rings. The molecule has 0 radical (unpaired) electrons. The van der Waals surface area contributed by atoms with E-state index in [1.54, 1.807) is 31.4 Å². The van der Waals surface area contributed by atoms with Crippen LogP contribution in [0, 0.1) is 0 Å². The second-order valence-corrected chi connectivity index (χ2v) is 7.16. The van der Waals surface area contributed by atoms with Crippen LogP contribution in [-0.4, -0.2) is 68.5 Å². The summed E-state index contributed by atoms with van der Waals surface area (Å²) in [5.74, 6) is 1.42. The third-order valence-corrected chi connectivity index (χ3v) is 4.88. The van der Waals surface area contributed by atoms with Crippen molar-refractivity contribution >= 4 is 17.3 Å². The summed E-state index contributed by atoms with van der Waals surface area (Å²) < 4.78 is 11.0. The highest BCUT2D eigenvalue weighted by Gasteiger charge is 2.20. The van der Waals surface area contributed by atoms with Crippen LogP contribution in [0.15, 0.2) is 48.5 Å². The number of nitrogens with zero attached hydrogens (tertiary/aromatic N) is 2. The molecule has 0 bridgehead atoms. The highest BCUT2D eigenvalue weighted by Crippen LogP contribution is 2.22. The van der Waals surface area contributed by atoms with Crippen molar-refractivity contribution in [3.05, 3.63) is 48.5 Å². The first-order valence-corrected chi connectivity index (χ1v) is 9.83. The second kappa shape index (κ2) is 10.1. The maximum atomic E-state index is 11.0. The van der Waals surface area contributed by atoms with Crippen LogP contribution in [0.4, 0.5) is 11.4 Å². The van der Waals surface area contributed by atoms with E-state index in [0.29, 0.717) is 12.3 Å². The number of hydrogen-bond acceptors (Lipinski definition) is 6. The van der Waals surface area contributed by atoms with Gasteiger partial charge in [-0.3, -0.25) is 9.69 Å². The number of carbonyl (C=O) groups excluding carboxylic acids is 1. The lowest BCUT2D eigenvalue weighted by molar-refractivity contribution is -0.114. The Labute approximate surface area is 171 Å². The van der Waals surface area contributed by atoms with Gasteiger partial charge in [0.1, 0.15) is 24.2 Å². The Morgan fingerprint density at radius 1 is 1.10 bits per heavy atom. The number of β-amino-alcohol motifs (C(OH)–C–C–N with tert-alkyl or cyclic N) is 1. The Hall–Kier alpha value is -2.77. The smallest absolute Gasteiger partial charge is 0.221 e. The molecule has 1 aliphatic heterocycles. The molecule has 1 atom stereocenters. The number of hydrogen-bond donors (Lipinski definition) is 2. The summed E-state index contributed by atoms with van der Waals surface area (Å²) in [6.07, 6.45) is -0.562. The molecule has 0 aliphatic carbocycles. The van der Waals surface area contributed by atoms with Crippen LogP contribution in [-0.2, 0) is 4.79 Å². The number of aliphatic hydroxyl groups excluding tert-OH is 1. The largest absolute Gasteiger partial charge is 0.497 e. The lowest BCUT2D eigenvalue weighted by Crippen LogP contribution is -2.49. The van der Waals surface area contributed by atoms with Gasteiger partial charge in [0.05, 0.1) is 7.11 Å². The van der Waals surface area contributed by atoms with Crippen LogP contribution in [0.2, 0.25) is 0 Å². The van der Waals surface area contributed by atoms with Crippen molar-refractivity contribution in [2.75, 3.05) is 56.7 Å². The normalized spacial score (nSPS) is 15.6. The van der Waals surface area contributed by atoms with E-state index in [-0.39, 0.29) is 12.5 Å². The third-order valence-electron chi connectivity index (χ3n) is 4.88. The highest BCUT2D eigenvalue weighted by atomic mass is 16.5. The molecule has 7 nitrogen and oxygen atoms in total. The molecule has 7 heteroatoms. The minimum absolute atomic E-state index is 0.111. The van der Waals surface area contributed by atoms with Gasteiger partial charge in [0.2, 0.25) is 5.91 Å². The molecule has 0 spiro atoms. The number of ether oxygens (including phenoxy) is 2. The maximum absolute atomic E-state index is 11.0. The minimum atomic E-state index is -0.562. The SMILES string of the molecule is COc1cccc(N2CCN(C[C@@H](O)COc3ccc(NC(C)=O)cc3)CC2)c1. The predicted octanol–water partition coefficient (Wildman–Crippen LogP) is 2.22. The van der Waals surface area contributed by atoms with Gasteiger partial charge in [-0.15, -0.1) is 0 Å². The van der Waals surface area contributed by atoms with Crippen LogP contribution in [0.25, 0.3) is 0 Å². The molecule has 1 saturated heterocycles. The number of aliphatic hydroxyl groups is 1. The lowest BCUT2D eigenvalue weighted by atomic mass is 10.2. The van der Waals surface area contributed by atoms with Gasteiger partial charge in [0.15, 0.2) is 0 Å². The molecule has 2 aromatic rings. The zero-order valence-corrected chi connectivity index (χ0v) is 17.0. The van der Waals surface area contributed by atoms with Crippen LogP contribution in [0.1, 0.15) is 6.92 Å². The van der Waals surface area contributed by atoms with Crippen molar-refractivity contribution in [1.82, 2.24) is 4.90 Å². The molecule has 1 heterocycles. The quantitative estimate of drug-likeness (QED) is 0.709. The van der Waals surface area contributed by atoms with Crippen LogP contribution in [0.5, 0.6) is 11.5 Å².